The molecule has 4 aliphatic rings. The predicted molar refractivity (Wildman–Crippen MR) is 310 cm³/mol. The number of aromatic nitrogens is 2. The third-order valence-corrected chi connectivity index (χ3v) is 19.2. The van der Waals surface area contributed by atoms with E-state index in [0.717, 1.165) is 25.7 Å². The molecule has 0 bridgehead atoms. The van der Waals surface area contributed by atoms with Gasteiger partial charge >= 0.3 is 0 Å². The first-order valence-electron chi connectivity index (χ1n) is 27.6. The van der Waals surface area contributed by atoms with Crippen LogP contribution in [0.3, 0.4) is 0 Å². The average Bonchev–Trinajstić information content (AvgIpc) is 4.03. The molecule has 0 saturated heterocycles. The Morgan fingerprint density at radius 2 is 0.944 bits per heavy atom. The largest absolute Gasteiger partial charge is 0.310 e. The van der Waals surface area contributed by atoms with E-state index in [1.807, 2.05) is 0 Å². The van der Waals surface area contributed by atoms with Crippen LogP contribution >= 0.6 is 0 Å². The average molecular weight is 935 g/mol. The Hall–Kier alpha value is -6.58. The summed E-state index contributed by atoms with van der Waals surface area (Å²) in [6.07, 6.45) is 4.39. The topological polar surface area (TPSA) is 9.86 Å². The quantitative estimate of drug-likeness (QED) is 0.128. The molecule has 8 aromatic carbocycles. The predicted octanol–water partition coefficient (Wildman–Crippen LogP) is 16.7. The van der Waals surface area contributed by atoms with Gasteiger partial charge in [0.25, 0.3) is 6.71 Å². The molecule has 72 heavy (non-hydrogen) atoms. The van der Waals surface area contributed by atoms with Crippen LogP contribution in [0.1, 0.15) is 176 Å². The van der Waals surface area contributed by atoms with Crippen LogP contribution in [-0.2, 0) is 10.8 Å². The Morgan fingerprint density at radius 1 is 0.444 bits per heavy atom. The van der Waals surface area contributed by atoms with Gasteiger partial charge in [-0.2, -0.15) is 0 Å². The van der Waals surface area contributed by atoms with Crippen molar-refractivity contribution in [2.24, 2.45) is 0 Å². The number of fused-ring (bicyclic) bond motifs is 14. The number of hydrogen-bond donors (Lipinski definition) is 0. The van der Waals surface area contributed by atoms with Crippen LogP contribution in [-0.4, -0.2) is 15.8 Å². The molecule has 2 nitrogen and oxygen atoms in total. The molecule has 3 aliphatic heterocycles. The first kappa shape index (κ1) is 44.2. The van der Waals surface area contributed by atoms with Gasteiger partial charge in [-0.3, -0.25) is 0 Å². The molecular formula is C69H67BN2. The fourth-order valence-electron chi connectivity index (χ4n) is 14.4. The Bertz CT molecular complexity index is 3930. The first-order valence-corrected chi connectivity index (χ1v) is 27.6. The van der Waals surface area contributed by atoms with Gasteiger partial charge in [0.15, 0.2) is 0 Å². The summed E-state index contributed by atoms with van der Waals surface area (Å²) in [7, 11) is 0. The van der Waals surface area contributed by atoms with Gasteiger partial charge < -0.3 is 9.13 Å². The van der Waals surface area contributed by atoms with E-state index in [-0.39, 0.29) is 12.1 Å². The van der Waals surface area contributed by atoms with Gasteiger partial charge in [-0.25, -0.2) is 0 Å². The van der Waals surface area contributed by atoms with E-state index in [9.17, 15) is 0 Å². The van der Waals surface area contributed by atoms with Gasteiger partial charge in [0, 0.05) is 43.8 Å². The number of rotatable bonds is 9. The van der Waals surface area contributed by atoms with E-state index < -0.39 is 5.41 Å². The molecule has 0 fully saturated rings. The molecule has 10 aromatic rings. The molecule has 0 amide bonds. The van der Waals surface area contributed by atoms with Crippen LogP contribution in [0.2, 0.25) is 0 Å². The van der Waals surface area contributed by atoms with Gasteiger partial charge in [-0.05, 0) is 174 Å². The highest BCUT2D eigenvalue weighted by atomic mass is 15.1. The van der Waals surface area contributed by atoms with Crippen molar-refractivity contribution in [2.45, 2.75) is 136 Å². The maximum Gasteiger partial charge on any atom is 0.252 e. The third-order valence-electron chi connectivity index (χ3n) is 19.2. The first-order chi connectivity index (χ1) is 34.8. The van der Waals surface area contributed by atoms with E-state index in [0.29, 0.717) is 23.7 Å². The standard InChI is InChI=1S/C69H67BN2/c1-12-38(5)43-26-29-61-51(30-43)52-32-45(40(7)14-3)35-59-64(52)71(61)66-50(42-24-27-47(28-25-42)68(9,10)11)37-58-67-62(66)70(59)60-36-46(41(8)15-4)33-54-53-31-44(39(6)13-2)34-57(63(53)72(67)65(54)60)69(58)55-22-18-16-20-48(55)49-21-17-19-23-56(49)69/h16-41H,12-15H2,1-11H3. The van der Waals surface area contributed by atoms with E-state index in [4.69, 9.17) is 0 Å². The van der Waals surface area contributed by atoms with Crippen molar-refractivity contribution in [1.82, 2.24) is 9.13 Å². The van der Waals surface area contributed by atoms with Crippen molar-refractivity contribution in [3.05, 3.63) is 184 Å². The van der Waals surface area contributed by atoms with Gasteiger partial charge in [-0.15, -0.1) is 0 Å². The lowest BCUT2D eigenvalue weighted by Crippen LogP contribution is -2.61. The van der Waals surface area contributed by atoms with Crippen molar-refractivity contribution in [1.29, 1.82) is 0 Å². The minimum absolute atomic E-state index is 0.0164. The molecule has 4 unspecified atom stereocenters. The molecule has 1 aliphatic carbocycles. The molecule has 0 N–H and O–H groups in total. The lowest BCUT2D eigenvalue weighted by Gasteiger charge is -2.45. The van der Waals surface area contributed by atoms with E-state index in [1.54, 1.807) is 0 Å². The van der Waals surface area contributed by atoms with Crippen molar-refractivity contribution < 1.29 is 0 Å². The number of benzene rings is 8. The second-order valence-electron chi connectivity index (χ2n) is 23.8. The molecule has 2 aromatic heterocycles. The zero-order valence-corrected chi connectivity index (χ0v) is 44.3. The van der Waals surface area contributed by atoms with Crippen LogP contribution in [0.5, 0.6) is 0 Å². The number of nitrogens with zero attached hydrogens (tertiary/aromatic N) is 2. The summed E-state index contributed by atoms with van der Waals surface area (Å²) in [6, 6.07) is 54.8. The van der Waals surface area contributed by atoms with Gasteiger partial charge in [0.2, 0.25) is 0 Å². The number of hydrogen-bond acceptors (Lipinski definition) is 0. The Morgan fingerprint density at radius 3 is 1.51 bits per heavy atom. The normalized spacial score (nSPS) is 16.1. The van der Waals surface area contributed by atoms with Gasteiger partial charge in [0.1, 0.15) is 0 Å². The minimum atomic E-state index is -0.566. The summed E-state index contributed by atoms with van der Waals surface area (Å²) < 4.78 is 5.60. The van der Waals surface area contributed by atoms with Crippen molar-refractivity contribution in [2.75, 3.05) is 0 Å². The smallest absolute Gasteiger partial charge is 0.252 e. The minimum Gasteiger partial charge on any atom is -0.310 e. The molecule has 5 heterocycles. The summed E-state index contributed by atoms with van der Waals surface area (Å²) in [5, 5.41) is 5.60. The highest BCUT2D eigenvalue weighted by Gasteiger charge is 2.55. The third kappa shape index (κ3) is 5.48. The van der Waals surface area contributed by atoms with E-state index in [2.05, 4.69) is 219 Å². The zero-order chi connectivity index (χ0) is 49.4. The maximum absolute atomic E-state index is 2.83. The second kappa shape index (κ2) is 15.2. The molecule has 1 spiro atoms. The summed E-state index contributed by atoms with van der Waals surface area (Å²) in [6.45, 7) is 26.2. The highest BCUT2D eigenvalue weighted by molar-refractivity contribution is 7.00. The van der Waals surface area contributed by atoms with Crippen LogP contribution < -0.4 is 16.4 Å². The summed E-state index contributed by atoms with van der Waals surface area (Å²) in [5.41, 5.74) is 30.2. The monoisotopic (exact) mass is 935 g/mol. The van der Waals surface area contributed by atoms with Crippen LogP contribution in [0.4, 0.5) is 0 Å². The van der Waals surface area contributed by atoms with E-state index in [1.165, 1.54) is 144 Å². The molecule has 356 valence electrons. The summed E-state index contributed by atoms with van der Waals surface area (Å²) in [4.78, 5) is 0. The SMILES string of the molecule is CCC(C)c1ccc2c(c1)c1cc(C(C)CC)cc3c1n2-c1c(-c2ccc(C(C)(C)C)cc2)cc2c4c1B3c1cc(C(C)CC)cc3c5cc(C(C)CC)cc(c5n-4c13)C21c2ccccc2-c2ccccc21. The van der Waals surface area contributed by atoms with Gasteiger partial charge in [0.05, 0.1) is 22.1 Å². The van der Waals surface area contributed by atoms with Crippen LogP contribution in [0.25, 0.3) is 77.2 Å². The van der Waals surface area contributed by atoms with Crippen molar-refractivity contribution in [3.8, 4) is 33.6 Å². The molecule has 14 rings (SSSR count). The van der Waals surface area contributed by atoms with E-state index >= 15 is 0 Å². The fraction of sp³-hybridized carbons (Fsp3) is 0.304. The van der Waals surface area contributed by atoms with Crippen LogP contribution in [0, 0.1) is 0 Å². The highest BCUT2D eigenvalue weighted by Crippen LogP contribution is 2.63. The lowest BCUT2D eigenvalue weighted by atomic mass is 9.33. The summed E-state index contributed by atoms with van der Waals surface area (Å²) in [5.74, 6) is 1.71. The van der Waals surface area contributed by atoms with Gasteiger partial charge in [-0.1, -0.05) is 173 Å². The summed E-state index contributed by atoms with van der Waals surface area (Å²) >= 11 is 0. The lowest BCUT2D eigenvalue weighted by molar-refractivity contribution is 0.590. The maximum atomic E-state index is 2.83. The molecular weight excluding hydrogens is 868 g/mol. The van der Waals surface area contributed by atoms with Crippen LogP contribution in [0.15, 0.2) is 133 Å². The molecule has 0 radical (unpaired) electrons. The zero-order valence-electron chi connectivity index (χ0n) is 44.3. The Labute approximate surface area is 427 Å². The molecule has 0 saturated carbocycles. The van der Waals surface area contributed by atoms with Crippen molar-refractivity contribution in [3.63, 3.8) is 0 Å². The molecule has 4 atom stereocenters. The van der Waals surface area contributed by atoms with Crippen molar-refractivity contribution >= 4 is 66.7 Å². The Kier molecular flexibility index (Phi) is 9.34. The second-order valence-corrected chi connectivity index (χ2v) is 23.8. The fourth-order valence-corrected chi connectivity index (χ4v) is 14.4. The molecule has 3 heteroatoms. The Balaban J connectivity index is 1.28.